The summed E-state index contributed by atoms with van der Waals surface area (Å²) in [6.45, 7) is 22.2. The van der Waals surface area contributed by atoms with Crippen LogP contribution in [0.1, 0.15) is 106 Å². The van der Waals surface area contributed by atoms with Gasteiger partial charge in [-0.05, 0) is 79.4 Å². The molecule has 0 spiro atoms. The van der Waals surface area contributed by atoms with E-state index in [-0.39, 0.29) is 29.7 Å². The van der Waals surface area contributed by atoms with Crippen molar-refractivity contribution in [3.63, 3.8) is 0 Å². The molecule has 2 amide bonds. The van der Waals surface area contributed by atoms with Gasteiger partial charge < -0.3 is 16.0 Å². The third-order valence-electron chi connectivity index (χ3n) is 6.70. The van der Waals surface area contributed by atoms with Gasteiger partial charge in [0.2, 0.25) is 0 Å². The number of nitrogens with one attached hydrogen (secondary N) is 2. The van der Waals surface area contributed by atoms with Crippen LogP contribution in [0.3, 0.4) is 0 Å². The van der Waals surface area contributed by atoms with Crippen LogP contribution in [0.4, 0.5) is 5.69 Å². The fraction of sp³-hybridized carbons (Fsp3) is 0.472. The number of nitrogens with zero attached hydrogens (tertiary/aromatic N) is 2. The van der Waals surface area contributed by atoms with Crippen LogP contribution in [0.2, 0.25) is 0 Å². The van der Waals surface area contributed by atoms with Crippen molar-refractivity contribution >= 4 is 32.3 Å². The highest BCUT2D eigenvalue weighted by atomic mass is 31.1. The van der Waals surface area contributed by atoms with Crippen molar-refractivity contribution in [2.45, 2.75) is 92.5 Å². The largest absolute Gasteiger partial charge is 0.337 e. The molecule has 4 atom stereocenters. The number of aliphatic imine (C=N–C) groups is 1. The number of hydrogen-bond donors (Lipinski definition) is 3. The number of anilines is 1. The SMILES string of the molecule is C=C1PC(NC(C)c2cccc(NC(=O)c3ccc(C(=O)N4CC[C@@H](N)C4)c(C)c3)c2)C=N/C1=C/CC.CC(C)C.CCC. The van der Waals surface area contributed by atoms with Crippen molar-refractivity contribution in [3.05, 3.63) is 88.4 Å². The molecule has 2 heterocycles. The average Bonchev–Trinajstić information content (AvgIpc) is 3.40. The van der Waals surface area contributed by atoms with Crippen molar-refractivity contribution in [2.75, 3.05) is 18.4 Å². The summed E-state index contributed by atoms with van der Waals surface area (Å²) in [6.07, 6.45) is 7.08. The third kappa shape index (κ3) is 11.8. The molecule has 0 aromatic heterocycles. The van der Waals surface area contributed by atoms with Gasteiger partial charge in [-0.25, -0.2) is 0 Å². The monoisotopic (exact) mass is 619 g/mol. The number of hydrogen-bond acceptors (Lipinski definition) is 5. The molecular formula is C36H54N5O2P. The Kier molecular flexibility index (Phi) is 15.7. The Bertz CT molecular complexity index is 1320. The molecule has 1 fully saturated rings. The van der Waals surface area contributed by atoms with Gasteiger partial charge in [-0.2, -0.15) is 0 Å². The summed E-state index contributed by atoms with van der Waals surface area (Å²) in [5.41, 5.74) is 10.6. The number of rotatable bonds is 7. The van der Waals surface area contributed by atoms with Crippen molar-refractivity contribution in [1.82, 2.24) is 10.2 Å². The van der Waals surface area contributed by atoms with Crippen LogP contribution in [0.5, 0.6) is 0 Å². The number of carbonyl (C=O) groups is 2. The third-order valence-corrected chi connectivity index (χ3v) is 7.94. The van der Waals surface area contributed by atoms with Crippen molar-refractivity contribution < 1.29 is 9.59 Å². The van der Waals surface area contributed by atoms with E-state index in [1.54, 1.807) is 23.1 Å². The van der Waals surface area contributed by atoms with Gasteiger partial charge in [-0.15, -0.1) is 0 Å². The summed E-state index contributed by atoms with van der Waals surface area (Å²) in [5, 5.41) is 7.68. The number of likely N-dealkylation sites (tertiary alicyclic amines) is 1. The molecule has 4 rings (SSSR count). The first-order valence-electron chi connectivity index (χ1n) is 15.9. The van der Waals surface area contributed by atoms with E-state index in [2.05, 4.69) is 76.7 Å². The molecule has 0 radical (unpaired) electrons. The van der Waals surface area contributed by atoms with E-state index in [0.717, 1.165) is 46.6 Å². The Labute approximate surface area is 267 Å². The van der Waals surface area contributed by atoms with E-state index in [4.69, 9.17) is 5.73 Å². The highest BCUT2D eigenvalue weighted by molar-refractivity contribution is 7.45. The van der Waals surface area contributed by atoms with Gasteiger partial charge in [-0.1, -0.05) is 81.3 Å². The molecule has 240 valence electrons. The minimum Gasteiger partial charge on any atom is -0.337 e. The van der Waals surface area contributed by atoms with E-state index >= 15 is 0 Å². The predicted octanol–water partition coefficient (Wildman–Crippen LogP) is 8.05. The second kappa shape index (κ2) is 18.6. The summed E-state index contributed by atoms with van der Waals surface area (Å²) in [6, 6.07) is 13.2. The number of allylic oxidation sites excluding steroid dienone is 2. The quantitative estimate of drug-likeness (QED) is 0.273. The average molecular weight is 620 g/mol. The second-order valence-electron chi connectivity index (χ2n) is 12.1. The van der Waals surface area contributed by atoms with Crippen molar-refractivity contribution in [1.29, 1.82) is 0 Å². The Morgan fingerprint density at radius 2 is 1.82 bits per heavy atom. The molecule has 2 aliphatic rings. The number of amides is 2. The zero-order valence-electron chi connectivity index (χ0n) is 28.0. The molecule has 2 aromatic rings. The summed E-state index contributed by atoms with van der Waals surface area (Å²) < 4.78 is 0. The molecule has 2 aliphatic heterocycles. The minimum absolute atomic E-state index is 0.0311. The van der Waals surface area contributed by atoms with Crippen LogP contribution in [-0.2, 0) is 0 Å². The lowest BCUT2D eigenvalue weighted by atomic mass is 10.0. The molecule has 0 aliphatic carbocycles. The predicted molar refractivity (Wildman–Crippen MR) is 190 cm³/mol. The second-order valence-corrected chi connectivity index (χ2v) is 13.6. The maximum absolute atomic E-state index is 13.0. The molecule has 0 bridgehead atoms. The van der Waals surface area contributed by atoms with Crippen LogP contribution in [0, 0.1) is 12.8 Å². The van der Waals surface area contributed by atoms with Crippen LogP contribution in [0.15, 0.2) is 71.1 Å². The van der Waals surface area contributed by atoms with E-state index < -0.39 is 0 Å². The molecule has 3 unspecified atom stereocenters. The molecule has 4 N–H and O–H groups in total. The Morgan fingerprint density at radius 3 is 2.39 bits per heavy atom. The number of aryl methyl sites for hydroxylation is 1. The highest BCUT2D eigenvalue weighted by Gasteiger charge is 2.26. The van der Waals surface area contributed by atoms with Gasteiger partial charge in [0.25, 0.3) is 11.8 Å². The van der Waals surface area contributed by atoms with Crippen LogP contribution in [-0.4, -0.2) is 47.8 Å². The lowest BCUT2D eigenvalue weighted by molar-refractivity contribution is 0.0789. The molecule has 8 heteroatoms. The first kappa shape index (κ1) is 37.1. The van der Waals surface area contributed by atoms with Gasteiger partial charge in [0.1, 0.15) is 0 Å². The Morgan fingerprint density at radius 1 is 1.14 bits per heavy atom. The summed E-state index contributed by atoms with van der Waals surface area (Å²) >= 11 is 0. The fourth-order valence-electron chi connectivity index (χ4n) is 4.63. The van der Waals surface area contributed by atoms with E-state index in [1.165, 1.54) is 6.42 Å². The fourth-order valence-corrected chi connectivity index (χ4v) is 5.80. The lowest BCUT2D eigenvalue weighted by Crippen LogP contribution is -2.32. The van der Waals surface area contributed by atoms with Gasteiger partial charge >= 0.3 is 0 Å². The lowest BCUT2D eigenvalue weighted by Gasteiger charge is -2.25. The summed E-state index contributed by atoms with van der Waals surface area (Å²) in [5.74, 6) is 0.724. The standard InChI is InChI=1S/C29H36N5O2P.C4H10.C3H8/c1-5-7-26-20(4)37-27(16-31-26)32-19(3)21-8-6-9-24(15-21)33-28(35)22-10-11-25(18(2)14-22)29(36)34-13-12-23(30)17-34;1-4(2)3;1-3-2/h6-11,14-16,19,23,27,32,37H,4-5,12-13,17,30H2,1-3H3,(H,33,35);4H,1-3H3;3H2,1-2H3/b26-7+;;/t19?,23-,27?;;/m1../s1. The number of nitrogens with two attached hydrogens (primary N) is 1. The van der Waals surface area contributed by atoms with E-state index in [1.807, 2.05) is 37.4 Å². The molecule has 1 saturated heterocycles. The van der Waals surface area contributed by atoms with E-state index in [9.17, 15) is 9.59 Å². The Hall–Kier alpha value is -3.12. The van der Waals surface area contributed by atoms with E-state index in [0.29, 0.717) is 32.8 Å². The zero-order valence-corrected chi connectivity index (χ0v) is 29.0. The van der Waals surface area contributed by atoms with Crippen LogP contribution in [0.25, 0.3) is 0 Å². The first-order chi connectivity index (χ1) is 20.9. The van der Waals surface area contributed by atoms with Crippen molar-refractivity contribution in [3.8, 4) is 0 Å². The normalized spacial score (nSPS) is 19.7. The van der Waals surface area contributed by atoms with Crippen LogP contribution < -0.4 is 16.4 Å². The number of benzene rings is 2. The molecule has 7 nitrogen and oxygen atoms in total. The Balaban J connectivity index is 0.000000876. The zero-order chi connectivity index (χ0) is 32.8. The molecule has 2 aromatic carbocycles. The van der Waals surface area contributed by atoms with Crippen LogP contribution >= 0.6 is 8.58 Å². The summed E-state index contributed by atoms with van der Waals surface area (Å²) in [7, 11) is 0.539. The molecule has 44 heavy (non-hydrogen) atoms. The van der Waals surface area contributed by atoms with Gasteiger partial charge in [-0.3, -0.25) is 19.9 Å². The molecule has 0 saturated carbocycles. The number of carbonyl (C=O) groups excluding carboxylic acids is 2. The summed E-state index contributed by atoms with van der Waals surface area (Å²) in [4.78, 5) is 32.2. The van der Waals surface area contributed by atoms with Gasteiger partial charge in [0.05, 0.1) is 11.5 Å². The topological polar surface area (TPSA) is 99.8 Å². The smallest absolute Gasteiger partial charge is 0.255 e. The van der Waals surface area contributed by atoms with Gasteiger partial charge in [0, 0.05) is 48.2 Å². The maximum Gasteiger partial charge on any atom is 0.255 e. The molecular weight excluding hydrogens is 565 g/mol. The first-order valence-corrected chi connectivity index (χ1v) is 17.0. The highest BCUT2D eigenvalue weighted by Crippen LogP contribution is 2.37. The maximum atomic E-state index is 13.0. The minimum atomic E-state index is -0.213. The van der Waals surface area contributed by atoms with Crippen molar-refractivity contribution in [2.24, 2.45) is 16.6 Å². The van der Waals surface area contributed by atoms with Gasteiger partial charge in [0.15, 0.2) is 0 Å².